The quantitative estimate of drug-likeness (QED) is 0.310. The van der Waals surface area contributed by atoms with Crippen molar-refractivity contribution in [2.45, 2.75) is 20.8 Å². The molecule has 9 nitrogen and oxygen atoms in total. The van der Waals surface area contributed by atoms with Crippen LogP contribution in [0.3, 0.4) is 0 Å². The van der Waals surface area contributed by atoms with E-state index in [2.05, 4.69) is 10.3 Å². The predicted molar refractivity (Wildman–Crippen MR) is 152 cm³/mol. The fourth-order valence-corrected chi connectivity index (χ4v) is 5.60. The predicted octanol–water partition coefficient (Wildman–Crippen LogP) is 3.64. The number of anilines is 2. The van der Waals surface area contributed by atoms with E-state index in [0.29, 0.717) is 29.4 Å². The highest BCUT2D eigenvalue weighted by Crippen LogP contribution is 2.36. The summed E-state index contributed by atoms with van der Waals surface area (Å²) in [4.78, 5) is 46.7. The zero-order valence-corrected chi connectivity index (χ0v) is 22.3. The Morgan fingerprint density at radius 1 is 1.05 bits per heavy atom. The molecule has 4 heterocycles. The summed E-state index contributed by atoms with van der Waals surface area (Å²) in [5, 5.41) is 3.13. The van der Waals surface area contributed by atoms with Gasteiger partial charge in [-0.2, -0.15) is 0 Å². The molecular formula is C26H24N6O3S2. The standard InChI is InChI=1S/C26H24N6O3S2/c1-5-27-21-18(23(33)30-13-9-10-15(2)22(30)28-21)14-19-24(34)31(26(36)37-19)20-16(3)29(4)32(25(20)35)17-11-7-6-8-12-17/h6-14,27H,5H2,1-4H3. The first kappa shape index (κ1) is 24.7. The van der Waals surface area contributed by atoms with Gasteiger partial charge in [-0.1, -0.05) is 48.2 Å². The Morgan fingerprint density at radius 2 is 1.78 bits per heavy atom. The van der Waals surface area contributed by atoms with Crippen molar-refractivity contribution >= 4 is 57.4 Å². The van der Waals surface area contributed by atoms with Crippen molar-refractivity contribution < 1.29 is 4.79 Å². The van der Waals surface area contributed by atoms with Crippen LogP contribution in [-0.4, -0.2) is 35.5 Å². The Kier molecular flexibility index (Phi) is 6.34. The highest BCUT2D eigenvalue weighted by Gasteiger charge is 2.38. The van der Waals surface area contributed by atoms with Gasteiger partial charge in [0, 0.05) is 19.8 Å². The van der Waals surface area contributed by atoms with E-state index in [1.165, 1.54) is 20.1 Å². The van der Waals surface area contributed by atoms with E-state index < -0.39 is 5.91 Å². The molecule has 5 rings (SSSR count). The third-order valence-corrected chi connectivity index (χ3v) is 7.55. The number of hydrogen-bond acceptors (Lipinski definition) is 7. The van der Waals surface area contributed by atoms with Crippen LogP contribution >= 0.6 is 24.0 Å². The summed E-state index contributed by atoms with van der Waals surface area (Å²) in [6.45, 7) is 6.09. The first-order valence-electron chi connectivity index (χ1n) is 11.6. The number of aromatic nitrogens is 4. The van der Waals surface area contributed by atoms with Crippen molar-refractivity contribution in [2.24, 2.45) is 7.05 Å². The largest absolute Gasteiger partial charge is 0.370 e. The molecule has 1 aliphatic heterocycles. The number of benzene rings is 1. The summed E-state index contributed by atoms with van der Waals surface area (Å²) < 4.78 is 4.87. The van der Waals surface area contributed by atoms with Crippen LogP contribution in [0.4, 0.5) is 11.5 Å². The number of aryl methyl sites for hydroxylation is 1. The van der Waals surface area contributed by atoms with Crippen LogP contribution < -0.4 is 21.3 Å². The van der Waals surface area contributed by atoms with E-state index >= 15 is 0 Å². The maximum absolute atomic E-state index is 13.6. The maximum atomic E-state index is 13.6. The Morgan fingerprint density at radius 3 is 2.49 bits per heavy atom. The van der Waals surface area contributed by atoms with Gasteiger partial charge in [-0.25, -0.2) is 9.67 Å². The van der Waals surface area contributed by atoms with E-state index in [4.69, 9.17) is 12.2 Å². The number of thioether (sulfide) groups is 1. The summed E-state index contributed by atoms with van der Waals surface area (Å²) in [6, 6.07) is 12.8. The number of pyridine rings is 1. The minimum Gasteiger partial charge on any atom is -0.370 e. The van der Waals surface area contributed by atoms with Crippen LogP contribution in [0.5, 0.6) is 0 Å². The second kappa shape index (κ2) is 9.49. The Balaban J connectivity index is 1.63. The molecule has 0 atom stereocenters. The average Bonchev–Trinajstić information content (AvgIpc) is 3.27. The van der Waals surface area contributed by atoms with Crippen molar-refractivity contribution in [3.63, 3.8) is 0 Å². The second-order valence-electron chi connectivity index (χ2n) is 8.52. The lowest BCUT2D eigenvalue weighted by Gasteiger charge is -2.12. The lowest BCUT2D eigenvalue weighted by Crippen LogP contribution is -2.33. The molecule has 1 fully saturated rings. The van der Waals surface area contributed by atoms with E-state index in [0.717, 1.165) is 17.3 Å². The fourth-order valence-electron chi connectivity index (χ4n) is 4.35. The minimum atomic E-state index is -0.461. The number of nitrogens with zero attached hydrogens (tertiary/aromatic N) is 5. The first-order valence-corrected chi connectivity index (χ1v) is 12.8. The summed E-state index contributed by atoms with van der Waals surface area (Å²) in [5.74, 6) is -0.0772. The van der Waals surface area contributed by atoms with Crippen LogP contribution in [-0.2, 0) is 11.8 Å². The molecule has 0 bridgehead atoms. The minimum absolute atomic E-state index is 0.188. The summed E-state index contributed by atoms with van der Waals surface area (Å²) in [6.07, 6.45) is 3.16. The molecule has 0 unspecified atom stereocenters. The van der Waals surface area contributed by atoms with Crippen molar-refractivity contribution in [2.75, 3.05) is 16.8 Å². The molecule has 37 heavy (non-hydrogen) atoms. The molecule has 0 spiro atoms. The van der Waals surface area contributed by atoms with Gasteiger partial charge in [-0.3, -0.25) is 28.4 Å². The fraction of sp³-hybridized carbons (Fsp3) is 0.192. The number of fused-ring (bicyclic) bond motifs is 1. The van der Waals surface area contributed by atoms with E-state index in [-0.39, 0.29) is 31.6 Å². The van der Waals surface area contributed by atoms with E-state index in [1.807, 2.05) is 50.2 Å². The zero-order chi connectivity index (χ0) is 26.4. The van der Waals surface area contributed by atoms with Crippen LogP contribution in [0.1, 0.15) is 23.7 Å². The SMILES string of the molecule is CCNc1nc2c(C)cccn2c(=O)c1C=C1SC(=S)N(c2c(C)n(C)n(-c3ccccc3)c2=O)C1=O. The van der Waals surface area contributed by atoms with Crippen LogP contribution in [0.25, 0.3) is 17.4 Å². The van der Waals surface area contributed by atoms with Crippen LogP contribution in [0, 0.1) is 13.8 Å². The van der Waals surface area contributed by atoms with Gasteiger partial charge < -0.3 is 5.32 Å². The molecule has 1 aromatic carbocycles. The maximum Gasteiger partial charge on any atom is 0.296 e. The van der Waals surface area contributed by atoms with Crippen LogP contribution in [0.15, 0.2) is 63.2 Å². The topological polar surface area (TPSA) is 93.6 Å². The van der Waals surface area contributed by atoms with Gasteiger partial charge in [0.25, 0.3) is 17.0 Å². The Bertz CT molecular complexity index is 1730. The molecule has 1 aliphatic rings. The van der Waals surface area contributed by atoms with Crippen molar-refractivity contribution in [1.29, 1.82) is 0 Å². The lowest BCUT2D eigenvalue weighted by molar-refractivity contribution is -0.113. The number of hydrogen-bond donors (Lipinski definition) is 1. The van der Waals surface area contributed by atoms with E-state index in [9.17, 15) is 14.4 Å². The monoisotopic (exact) mass is 532 g/mol. The van der Waals surface area contributed by atoms with Crippen LogP contribution in [0.2, 0.25) is 0 Å². The molecule has 0 aliphatic carbocycles. The average molecular weight is 533 g/mol. The summed E-state index contributed by atoms with van der Waals surface area (Å²) in [7, 11) is 1.76. The number of rotatable bonds is 5. The molecule has 0 saturated carbocycles. The van der Waals surface area contributed by atoms with Gasteiger partial charge in [-0.15, -0.1) is 0 Å². The van der Waals surface area contributed by atoms with Gasteiger partial charge in [0.1, 0.15) is 17.2 Å². The first-order chi connectivity index (χ1) is 17.7. The lowest BCUT2D eigenvalue weighted by atomic mass is 10.2. The molecule has 3 aromatic heterocycles. The number of amides is 1. The molecule has 1 N–H and O–H groups in total. The van der Waals surface area contributed by atoms with Gasteiger partial charge in [-0.05, 0) is 50.6 Å². The summed E-state index contributed by atoms with van der Waals surface area (Å²) >= 11 is 6.60. The Hall–Kier alpha value is -3.96. The molecule has 11 heteroatoms. The highest BCUT2D eigenvalue weighted by atomic mass is 32.2. The number of carbonyl (C=O) groups is 1. The molecule has 4 aromatic rings. The highest BCUT2D eigenvalue weighted by molar-refractivity contribution is 8.27. The summed E-state index contributed by atoms with van der Waals surface area (Å²) in [5.41, 5.74) is 2.41. The van der Waals surface area contributed by atoms with Crippen molar-refractivity contribution in [3.8, 4) is 5.69 Å². The van der Waals surface area contributed by atoms with E-state index in [1.54, 1.807) is 30.9 Å². The number of carbonyl (C=O) groups excluding carboxylic acids is 1. The third kappa shape index (κ3) is 4.00. The smallest absolute Gasteiger partial charge is 0.296 e. The number of thiocarbonyl (C=S) groups is 1. The van der Waals surface area contributed by atoms with Crippen molar-refractivity contribution in [3.05, 3.63) is 91.1 Å². The van der Waals surface area contributed by atoms with Gasteiger partial charge >= 0.3 is 0 Å². The van der Waals surface area contributed by atoms with Gasteiger partial charge in [0.2, 0.25) is 0 Å². The molecule has 0 radical (unpaired) electrons. The molecule has 1 amide bonds. The number of nitrogens with one attached hydrogen (secondary N) is 1. The molecular weight excluding hydrogens is 508 g/mol. The van der Waals surface area contributed by atoms with Gasteiger partial charge in [0.05, 0.1) is 21.8 Å². The Labute approximate surface area is 222 Å². The normalized spacial score (nSPS) is 14.8. The molecule has 1 saturated heterocycles. The molecule has 188 valence electrons. The zero-order valence-electron chi connectivity index (χ0n) is 20.7. The second-order valence-corrected chi connectivity index (χ2v) is 10.2. The number of para-hydroxylation sites is 1. The van der Waals surface area contributed by atoms with Gasteiger partial charge in [0.15, 0.2) is 4.32 Å². The third-order valence-electron chi connectivity index (χ3n) is 6.25. The van der Waals surface area contributed by atoms with Crippen molar-refractivity contribution in [1.82, 2.24) is 18.7 Å².